The highest BCUT2D eigenvalue weighted by molar-refractivity contribution is 9.10. The van der Waals surface area contributed by atoms with Crippen LogP contribution >= 0.6 is 15.9 Å². The van der Waals surface area contributed by atoms with E-state index in [4.69, 9.17) is 0 Å². The number of benzene rings is 2. The van der Waals surface area contributed by atoms with E-state index >= 15 is 0 Å². The summed E-state index contributed by atoms with van der Waals surface area (Å²) in [5.41, 5.74) is 4.01. The van der Waals surface area contributed by atoms with Crippen molar-refractivity contribution in [2.45, 2.75) is 6.54 Å². The molecule has 0 spiro atoms. The van der Waals surface area contributed by atoms with Gasteiger partial charge in [-0.1, -0.05) is 40.2 Å². The van der Waals surface area contributed by atoms with Gasteiger partial charge in [0, 0.05) is 18.6 Å². The molecule has 0 aliphatic heterocycles. The third-order valence-corrected chi connectivity index (χ3v) is 5.38. The van der Waals surface area contributed by atoms with Crippen LogP contribution in [0.15, 0.2) is 67.7 Å². The van der Waals surface area contributed by atoms with Crippen LogP contribution in [-0.4, -0.2) is 24.9 Å². The number of rotatable bonds is 5. The molecule has 31 heavy (non-hydrogen) atoms. The minimum atomic E-state index is -0.478. The molecule has 0 radical (unpaired) electrons. The second-order valence-corrected chi connectivity index (χ2v) is 7.86. The van der Waals surface area contributed by atoms with Gasteiger partial charge in [0.1, 0.15) is 5.82 Å². The lowest BCUT2D eigenvalue weighted by molar-refractivity contribution is 0.626. The minimum Gasteiger partial charge on any atom is -0.298 e. The highest BCUT2D eigenvalue weighted by Gasteiger charge is 2.19. The molecule has 0 aliphatic carbocycles. The van der Waals surface area contributed by atoms with Gasteiger partial charge >= 0.3 is 5.69 Å². The molecule has 0 saturated carbocycles. The van der Waals surface area contributed by atoms with Crippen molar-refractivity contribution in [1.82, 2.24) is 18.7 Å². The number of halogens is 2. The molecule has 2 heterocycles. The fraction of sp³-hybridized carbons (Fsp3) is 0.143. The van der Waals surface area contributed by atoms with Crippen LogP contribution in [0.4, 0.5) is 10.3 Å². The number of hydrazone groups is 1. The quantitative estimate of drug-likeness (QED) is 0.348. The monoisotopic (exact) mass is 484 g/mol. The van der Waals surface area contributed by atoms with Gasteiger partial charge in [0.2, 0.25) is 5.95 Å². The van der Waals surface area contributed by atoms with Crippen molar-refractivity contribution >= 4 is 39.3 Å². The van der Waals surface area contributed by atoms with E-state index < -0.39 is 11.2 Å². The second kappa shape index (κ2) is 8.31. The fourth-order valence-corrected chi connectivity index (χ4v) is 3.44. The number of nitrogens with zero attached hydrogens (tertiary/aromatic N) is 5. The van der Waals surface area contributed by atoms with E-state index in [0.29, 0.717) is 0 Å². The number of anilines is 1. The van der Waals surface area contributed by atoms with Gasteiger partial charge in [-0.15, -0.1) is 0 Å². The van der Waals surface area contributed by atoms with E-state index in [0.717, 1.165) is 20.2 Å². The summed E-state index contributed by atoms with van der Waals surface area (Å²) in [6.07, 6.45) is 1.62. The maximum atomic E-state index is 13.3. The molecule has 0 saturated heterocycles. The van der Waals surface area contributed by atoms with Crippen LogP contribution in [0.2, 0.25) is 0 Å². The van der Waals surface area contributed by atoms with E-state index in [-0.39, 0.29) is 29.5 Å². The molecule has 4 rings (SSSR count). The first-order chi connectivity index (χ1) is 14.8. The maximum Gasteiger partial charge on any atom is 0.332 e. The van der Waals surface area contributed by atoms with Gasteiger partial charge in [-0.25, -0.2) is 14.6 Å². The molecule has 0 unspecified atom stereocenters. The third-order valence-electron chi connectivity index (χ3n) is 4.85. The smallest absolute Gasteiger partial charge is 0.298 e. The first-order valence-corrected chi connectivity index (χ1v) is 10.1. The number of hydrogen-bond acceptors (Lipinski definition) is 5. The Morgan fingerprint density at radius 2 is 1.74 bits per heavy atom. The third kappa shape index (κ3) is 4.06. The van der Waals surface area contributed by atoms with Gasteiger partial charge < -0.3 is 0 Å². The molecule has 0 fully saturated rings. The second-order valence-electron chi connectivity index (χ2n) is 6.95. The van der Waals surface area contributed by atoms with Gasteiger partial charge in [-0.2, -0.15) is 10.1 Å². The Bertz CT molecular complexity index is 1400. The lowest BCUT2D eigenvalue weighted by Gasteiger charge is -2.09. The molecule has 2 aromatic heterocycles. The first kappa shape index (κ1) is 20.7. The molecule has 0 amide bonds. The van der Waals surface area contributed by atoms with Crippen molar-refractivity contribution < 1.29 is 4.39 Å². The zero-order valence-electron chi connectivity index (χ0n) is 16.7. The molecule has 0 atom stereocenters. The van der Waals surface area contributed by atoms with E-state index in [1.165, 1.54) is 23.7 Å². The molecular formula is C21H18BrFN6O2. The fourth-order valence-electron chi connectivity index (χ4n) is 3.17. The zero-order chi connectivity index (χ0) is 22.1. The number of hydrogen-bond donors (Lipinski definition) is 1. The predicted molar refractivity (Wildman–Crippen MR) is 121 cm³/mol. The lowest BCUT2D eigenvalue weighted by Crippen LogP contribution is -2.37. The topological polar surface area (TPSA) is 86.2 Å². The number of nitrogens with one attached hydrogen (secondary N) is 1. The van der Waals surface area contributed by atoms with Gasteiger partial charge in [-0.05, 0) is 35.4 Å². The Hall–Kier alpha value is -3.53. The van der Waals surface area contributed by atoms with Gasteiger partial charge in [0.05, 0.1) is 12.8 Å². The molecule has 10 heteroatoms. The first-order valence-electron chi connectivity index (χ1n) is 9.30. The summed E-state index contributed by atoms with van der Waals surface area (Å²) in [5, 5.41) is 4.23. The molecule has 2 aromatic carbocycles. The summed E-state index contributed by atoms with van der Waals surface area (Å²) in [6.45, 7) is 0.236. The number of fused-ring (bicyclic) bond motifs is 1. The Morgan fingerprint density at radius 1 is 1.06 bits per heavy atom. The summed E-state index contributed by atoms with van der Waals surface area (Å²) in [7, 11) is 2.96. The van der Waals surface area contributed by atoms with Crippen LogP contribution in [0.5, 0.6) is 0 Å². The average Bonchev–Trinajstić information content (AvgIpc) is 3.12. The normalized spacial score (nSPS) is 11.5. The van der Waals surface area contributed by atoms with Crippen molar-refractivity contribution in [2.75, 3.05) is 5.43 Å². The predicted octanol–water partition coefficient (Wildman–Crippen LogP) is 2.83. The standard InChI is InChI=1S/C21H18BrFN6O2/c1-27-18-17(19(30)28(2)21(27)31)29(12-14-5-9-16(23)10-6-14)20(25-18)26-24-11-13-3-7-15(22)8-4-13/h3-11H,12H2,1-2H3,(H,25,26)/b24-11-. The van der Waals surface area contributed by atoms with Crippen LogP contribution in [0.25, 0.3) is 11.2 Å². The zero-order valence-corrected chi connectivity index (χ0v) is 18.3. The molecular weight excluding hydrogens is 467 g/mol. The van der Waals surface area contributed by atoms with E-state index in [9.17, 15) is 14.0 Å². The van der Waals surface area contributed by atoms with Crippen LogP contribution in [0.1, 0.15) is 11.1 Å². The van der Waals surface area contributed by atoms with Gasteiger partial charge in [0.15, 0.2) is 11.2 Å². The van der Waals surface area contributed by atoms with Crippen molar-refractivity contribution in [3.63, 3.8) is 0 Å². The summed E-state index contributed by atoms with van der Waals surface area (Å²) < 4.78 is 18.2. The number of aryl methyl sites for hydroxylation is 1. The summed E-state index contributed by atoms with van der Waals surface area (Å²) in [6, 6.07) is 13.5. The van der Waals surface area contributed by atoms with E-state index in [2.05, 4.69) is 31.4 Å². The number of imidazole rings is 1. The maximum absolute atomic E-state index is 13.3. The lowest BCUT2D eigenvalue weighted by atomic mass is 10.2. The Kier molecular flexibility index (Phi) is 5.55. The summed E-state index contributed by atoms with van der Waals surface area (Å²) in [4.78, 5) is 29.6. The van der Waals surface area contributed by atoms with Crippen molar-refractivity contribution in [2.24, 2.45) is 19.2 Å². The molecule has 4 aromatic rings. The minimum absolute atomic E-state index is 0.233. The highest BCUT2D eigenvalue weighted by atomic mass is 79.9. The van der Waals surface area contributed by atoms with Crippen molar-refractivity contribution in [3.05, 3.63) is 90.8 Å². The number of aromatic nitrogens is 4. The highest BCUT2D eigenvalue weighted by Crippen LogP contribution is 2.18. The SMILES string of the molecule is Cn1c(=O)c2c(nc(N/N=C\c3ccc(Br)cc3)n2Cc2ccc(F)cc2)n(C)c1=O. The van der Waals surface area contributed by atoms with Crippen LogP contribution < -0.4 is 16.7 Å². The van der Waals surface area contributed by atoms with Gasteiger partial charge in [-0.3, -0.25) is 18.5 Å². The Labute approximate surface area is 184 Å². The summed E-state index contributed by atoms with van der Waals surface area (Å²) in [5.74, 6) is -0.0685. The largest absolute Gasteiger partial charge is 0.332 e. The van der Waals surface area contributed by atoms with Crippen LogP contribution in [0, 0.1) is 5.82 Å². The molecule has 0 aliphatic rings. The molecule has 158 valence electrons. The summed E-state index contributed by atoms with van der Waals surface area (Å²) >= 11 is 3.38. The Balaban J connectivity index is 1.80. The van der Waals surface area contributed by atoms with Crippen molar-refractivity contribution in [3.8, 4) is 0 Å². The average molecular weight is 485 g/mol. The van der Waals surface area contributed by atoms with Crippen molar-refractivity contribution in [1.29, 1.82) is 0 Å². The molecule has 8 nitrogen and oxygen atoms in total. The van der Waals surface area contributed by atoms with E-state index in [1.807, 2.05) is 24.3 Å². The Morgan fingerprint density at radius 3 is 2.42 bits per heavy atom. The van der Waals surface area contributed by atoms with Crippen LogP contribution in [0.3, 0.4) is 0 Å². The molecule has 0 bridgehead atoms. The van der Waals surface area contributed by atoms with Gasteiger partial charge in [0.25, 0.3) is 5.56 Å². The van der Waals surface area contributed by atoms with Crippen LogP contribution in [-0.2, 0) is 20.6 Å². The molecule has 1 N–H and O–H groups in total. The van der Waals surface area contributed by atoms with E-state index in [1.54, 1.807) is 30.0 Å².